The highest BCUT2D eigenvalue weighted by molar-refractivity contribution is 6.05. The van der Waals surface area contributed by atoms with Crippen LogP contribution in [0.15, 0.2) is 15.7 Å². The minimum absolute atomic E-state index is 0.0654. The van der Waals surface area contributed by atoms with E-state index >= 15 is 0 Å². The summed E-state index contributed by atoms with van der Waals surface area (Å²) in [6, 6.07) is 1.82. The Morgan fingerprint density at radius 2 is 1.93 bits per heavy atom. The van der Waals surface area contributed by atoms with E-state index in [1.54, 1.807) is 6.07 Å². The van der Waals surface area contributed by atoms with E-state index in [1.807, 2.05) is 20.8 Å². The number of pyridine rings is 1. The lowest BCUT2D eigenvalue weighted by molar-refractivity contribution is 0.0923. The van der Waals surface area contributed by atoms with Crippen molar-refractivity contribution in [2.45, 2.75) is 78.3 Å². The number of fused-ring (bicyclic) bond motifs is 1. The van der Waals surface area contributed by atoms with E-state index in [2.05, 4.69) is 22.2 Å². The molecule has 28 heavy (non-hydrogen) atoms. The third kappa shape index (κ3) is 3.88. The van der Waals surface area contributed by atoms with Crippen LogP contribution >= 0.6 is 0 Å². The number of carbonyl (C=O) groups is 1. The SMILES string of the molecule is CCC1CCC(NC(=O)c2cc(C(C)C)nc3c2c(=O)[nH]c(=O)n3CC)CC1. The lowest BCUT2D eigenvalue weighted by Crippen LogP contribution is -2.39. The highest BCUT2D eigenvalue weighted by atomic mass is 16.2. The highest BCUT2D eigenvalue weighted by Gasteiger charge is 2.25. The van der Waals surface area contributed by atoms with Crippen LogP contribution in [0.2, 0.25) is 0 Å². The largest absolute Gasteiger partial charge is 0.349 e. The fourth-order valence-corrected chi connectivity index (χ4v) is 4.04. The minimum Gasteiger partial charge on any atom is -0.349 e. The van der Waals surface area contributed by atoms with Gasteiger partial charge in [-0.2, -0.15) is 0 Å². The highest BCUT2D eigenvalue weighted by Crippen LogP contribution is 2.27. The molecule has 0 unspecified atom stereocenters. The summed E-state index contributed by atoms with van der Waals surface area (Å²) in [6.45, 7) is 8.34. The van der Waals surface area contributed by atoms with Crippen LogP contribution in [0, 0.1) is 5.92 Å². The molecule has 7 nitrogen and oxygen atoms in total. The quantitative estimate of drug-likeness (QED) is 0.826. The summed E-state index contributed by atoms with van der Waals surface area (Å²) in [5, 5.41) is 3.30. The van der Waals surface area contributed by atoms with Crippen LogP contribution in [0.5, 0.6) is 0 Å². The number of nitrogens with zero attached hydrogens (tertiary/aromatic N) is 2. The van der Waals surface area contributed by atoms with Crippen molar-refractivity contribution in [3.8, 4) is 0 Å². The van der Waals surface area contributed by atoms with Crippen LogP contribution < -0.4 is 16.6 Å². The lowest BCUT2D eigenvalue weighted by atomic mass is 9.84. The molecule has 1 saturated carbocycles. The zero-order chi connectivity index (χ0) is 20.4. The first-order chi connectivity index (χ1) is 13.3. The average Bonchev–Trinajstić information content (AvgIpc) is 2.67. The number of amides is 1. The first-order valence-electron chi connectivity index (χ1n) is 10.3. The Kier molecular flexibility index (Phi) is 6.01. The van der Waals surface area contributed by atoms with Gasteiger partial charge in [0.1, 0.15) is 0 Å². The van der Waals surface area contributed by atoms with Gasteiger partial charge in [-0.05, 0) is 50.5 Å². The molecule has 1 aliphatic carbocycles. The summed E-state index contributed by atoms with van der Waals surface area (Å²) in [5.74, 6) is 0.543. The molecule has 1 fully saturated rings. The Hall–Kier alpha value is -2.44. The normalized spacial score (nSPS) is 19.9. The van der Waals surface area contributed by atoms with E-state index in [-0.39, 0.29) is 28.9 Å². The van der Waals surface area contributed by atoms with E-state index in [0.29, 0.717) is 17.8 Å². The third-order valence-electron chi connectivity index (χ3n) is 5.88. The molecule has 2 aromatic heterocycles. The molecule has 3 rings (SSSR count). The van der Waals surface area contributed by atoms with E-state index in [0.717, 1.165) is 31.6 Å². The smallest absolute Gasteiger partial charge is 0.329 e. The van der Waals surface area contributed by atoms with E-state index < -0.39 is 11.2 Å². The maximum Gasteiger partial charge on any atom is 0.329 e. The molecule has 2 aromatic rings. The Labute approximate surface area is 164 Å². The number of rotatable bonds is 5. The van der Waals surface area contributed by atoms with Crippen molar-refractivity contribution in [3.63, 3.8) is 0 Å². The summed E-state index contributed by atoms with van der Waals surface area (Å²) in [5.41, 5.74) is 0.210. The van der Waals surface area contributed by atoms with E-state index in [9.17, 15) is 14.4 Å². The molecule has 0 radical (unpaired) electrons. The number of aryl methyl sites for hydroxylation is 1. The van der Waals surface area contributed by atoms with Crippen LogP contribution in [0.1, 0.15) is 81.8 Å². The Morgan fingerprint density at radius 3 is 2.50 bits per heavy atom. The molecule has 2 heterocycles. The van der Waals surface area contributed by atoms with Crippen molar-refractivity contribution in [3.05, 3.63) is 38.2 Å². The first-order valence-corrected chi connectivity index (χ1v) is 10.3. The van der Waals surface area contributed by atoms with E-state index in [4.69, 9.17) is 0 Å². The number of hydrogen-bond acceptors (Lipinski definition) is 4. The number of hydrogen-bond donors (Lipinski definition) is 2. The zero-order valence-electron chi connectivity index (χ0n) is 17.2. The second-order valence-corrected chi connectivity index (χ2v) is 8.05. The van der Waals surface area contributed by atoms with Gasteiger partial charge in [-0.25, -0.2) is 9.78 Å². The Bertz CT molecular complexity index is 982. The number of H-pyrrole nitrogens is 1. The first kappa shape index (κ1) is 20.3. The molecule has 2 N–H and O–H groups in total. The molecule has 7 heteroatoms. The zero-order valence-corrected chi connectivity index (χ0v) is 17.2. The summed E-state index contributed by atoms with van der Waals surface area (Å²) in [4.78, 5) is 44.7. The second kappa shape index (κ2) is 8.29. The predicted molar refractivity (Wildman–Crippen MR) is 110 cm³/mol. The molecular formula is C21H30N4O3. The topological polar surface area (TPSA) is 96.8 Å². The fraction of sp³-hybridized carbons (Fsp3) is 0.619. The standard InChI is InChI=1S/C21H30N4O3/c1-5-13-7-9-14(10-8-13)22-19(26)15-11-16(12(3)4)23-18-17(15)20(27)24-21(28)25(18)6-2/h11-14H,5-10H2,1-4H3,(H,22,26)(H,24,27,28). The Balaban J connectivity index is 2.05. The van der Waals surface area contributed by atoms with Crippen molar-refractivity contribution in [1.29, 1.82) is 0 Å². The summed E-state index contributed by atoms with van der Waals surface area (Å²) in [6.07, 6.45) is 5.33. The van der Waals surface area contributed by atoms with Gasteiger partial charge >= 0.3 is 5.69 Å². The number of carbonyl (C=O) groups excluding carboxylic acids is 1. The van der Waals surface area contributed by atoms with Gasteiger partial charge in [0.05, 0.1) is 10.9 Å². The molecule has 1 aliphatic rings. The lowest BCUT2D eigenvalue weighted by Gasteiger charge is -2.28. The molecule has 0 spiro atoms. The van der Waals surface area contributed by atoms with Gasteiger partial charge in [0.15, 0.2) is 5.65 Å². The van der Waals surface area contributed by atoms with Crippen molar-refractivity contribution in [2.24, 2.45) is 5.92 Å². The molecule has 0 bridgehead atoms. The van der Waals surface area contributed by atoms with Crippen LogP contribution in [-0.4, -0.2) is 26.5 Å². The molecule has 0 aromatic carbocycles. The average molecular weight is 386 g/mol. The molecule has 1 amide bonds. The molecule has 0 aliphatic heterocycles. The molecule has 0 atom stereocenters. The van der Waals surface area contributed by atoms with Gasteiger partial charge < -0.3 is 5.32 Å². The third-order valence-corrected chi connectivity index (χ3v) is 5.88. The monoisotopic (exact) mass is 386 g/mol. The summed E-state index contributed by atoms with van der Waals surface area (Å²) in [7, 11) is 0. The summed E-state index contributed by atoms with van der Waals surface area (Å²) < 4.78 is 1.41. The summed E-state index contributed by atoms with van der Waals surface area (Å²) >= 11 is 0. The van der Waals surface area contributed by atoms with Gasteiger partial charge in [-0.15, -0.1) is 0 Å². The van der Waals surface area contributed by atoms with Crippen LogP contribution in [-0.2, 0) is 6.54 Å². The van der Waals surface area contributed by atoms with Crippen molar-refractivity contribution >= 4 is 16.9 Å². The van der Waals surface area contributed by atoms with Crippen LogP contribution in [0.4, 0.5) is 0 Å². The number of aromatic nitrogens is 3. The van der Waals surface area contributed by atoms with Gasteiger partial charge in [0.25, 0.3) is 11.5 Å². The van der Waals surface area contributed by atoms with Gasteiger partial charge in [-0.1, -0.05) is 27.2 Å². The maximum atomic E-state index is 13.1. The van der Waals surface area contributed by atoms with Crippen molar-refractivity contribution < 1.29 is 4.79 Å². The second-order valence-electron chi connectivity index (χ2n) is 8.05. The van der Waals surface area contributed by atoms with Crippen LogP contribution in [0.25, 0.3) is 11.0 Å². The van der Waals surface area contributed by atoms with Crippen molar-refractivity contribution in [1.82, 2.24) is 19.9 Å². The number of aromatic amines is 1. The fourth-order valence-electron chi connectivity index (χ4n) is 4.04. The van der Waals surface area contributed by atoms with Gasteiger partial charge in [0, 0.05) is 18.3 Å². The molecule has 0 saturated heterocycles. The number of nitrogens with one attached hydrogen (secondary N) is 2. The van der Waals surface area contributed by atoms with Gasteiger partial charge in [0.2, 0.25) is 0 Å². The predicted octanol–water partition coefficient (Wildman–Crippen LogP) is 2.93. The maximum absolute atomic E-state index is 13.1. The van der Waals surface area contributed by atoms with Crippen molar-refractivity contribution in [2.75, 3.05) is 0 Å². The minimum atomic E-state index is -0.563. The molecule has 152 valence electrons. The Morgan fingerprint density at radius 1 is 1.25 bits per heavy atom. The molecular weight excluding hydrogens is 356 g/mol. The van der Waals surface area contributed by atoms with E-state index in [1.165, 1.54) is 11.0 Å². The van der Waals surface area contributed by atoms with Crippen LogP contribution in [0.3, 0.4) is 0 Å². The van der Waals surface area contributed by atoms with Gasteiger partial charge in [-0.3, -0.25) is 19.1 Å².